The Kier molecular flexibility index (Phi) is 2.41. The van der Waals surface area contributed by atoms with Crippen LogP contribution in [0.25, 0.3) is 5.65 Å². The van der Waals surface area contributed by atoms with E-state index in [9.17, 15) is 13.2 Å². The Morgan fingerprint density at radius 3 is 2.24 bits per heavy atom. The van der Waals surface area contributed by atoms with Crippen LogP contribution in [-0.4, -0.2) is 14.4 Å². The highest BCUT2D eigenvalue weighted by atomic mass is 19.4. The number of fused-ring (bicyclic) bond motifs is 1. The van der Waals surface area contributed by atoms with Crippen LogP contribution in [0.2, 0.25) is 0 Å². The molecule has 0 amide bonds. The van der Waals surface area contributed by atoms with E-state index >= 15 is 0 Å². The highest BCUT2D eigenvalue weighted by Gasteiger charge is 2.34. The molecule has 2 heterocycles. The van der Waals surface area contributed by atoms with E-state index < -0.39 is 11.9 Å². The Labute approximate surface area is 96.3 Å². The lowest BCUT2D eigenvalue weighted by Gasteiger charge is -2.18. The first-order valence-electron chi connectivity index (χ1n) is 5.10. The number of alkyl halides is 3. The molecule has 0 radical (unpaired) electrons. The van der Waals surface area contributed by atoms with E-state index in [1.807, 2.05) is 20.8 Å². The second kappa shape index (κ2) is 3.45. The molecule has 3 nitrogen and oxygen atoms in total. The van der Waals surface area contributed by atoms with Crippen molar-refractivity contribution in [3.63, 3.8) is 0 Å². The number of hydrogen-bond acceptors (Lipinski definition) is 2. The molecule has 0 aliphatic heterocycles. The number of halogens is 3. The Balaban J connectivity index is 2.67. The van der Waals surface area contributed by atoms with Crippen molar-refractivity contribution in [1.29, 1.82) is 0 Å². The molecule has 0 saturated carbocycles. The fourth-order valence-corrected chi connectivity index (χ4v) is 1.49. The molecule has 0 fully saturated rings. The van der Waals surface area contributed by atoms with E-state index in [4.69, 9.17) is 0 Å². The number of nitrogens with zero attached hydrogens (tertiary/aromatic N) is 3. The van der Waals surface area contributed by atoms with E-state index in [0.717, 1.165) is 10.6 Å². The molecule has 0 spiro atoms. The predicted molar refractivity (Wildman–Crippen MR) is 56.7 cm³/mol. The molecule has 0 N–H and O–H groups in total. The number of hydrogen-bond donors (Lipinski definition) is 0. The molecule has 0 aliphatic rings. The van der Waals surface area contributed by atoms with Gasteiger partial charge in [0.1, 0.15) is 5.69 Å². The van der Waals surface area contributed by atoms with Gasteiger partial charge >= 0.3 is 6.18 Å². The molecule has 2 rings (SSSR count). The maximum Gasteiger partial charge on any atom is 0.433 e. The van der Waals surface area contributed by atoms with Gasteiger partial charge in [0.2, 0.25) is 0 Å². The van der Waals surface area contributed by atoms with E-state index in [2.05, 4.69) is 9.97 Å². The fraction of sp³-hybridized carbons (Fsp3) is 0.455. The summed E-state index contributed by atoms with van der Waals surface area (Å²) in [5.41, 5.74) is -0.291. The second-order valence-corrected chi connectivity index (χ2v) is 4.89. The molecule has 92 valence electrons. The third-order valence-electron chi connectivity index (χ3n) is 2.45. The van der Waals surface area contributed by atoms with Crippen LogP contribution in [0, 0.1) is 0 Å². The molecule has 0 saturated heterocycles. The minimum absolute atomic E-state index is 0.199. The van der Waals surface area contributed by atoms with Crippen LogP contribution < -0.4 is 0 Å². The summed E-state index contributed by atoms with van der Waals surface area (Å²) < 4.78 is 39.1. The van der Waals surface area contributed by atoms with Gasteiger partial charge in [-0.25, -0.2) is 4.98 Å². The van der Waals surface area contributed by atoms with Crippen molar-refractivity contribution < 1.29 is 13.2 Å². The third kappa shape index (κ3) is 2.11. The lowest BCUT2D eigenvalue weighted by molar-refractivity contribution is -0.141. The molecule has 17 heavy (non-hydrogen) atoms. The van der Waals surface area contributed by atoms with Gasteiger partial charge in [-0.05, 0) is 0 Å². The zero-order valence-corrected chi connectivity index (χ0v) is 9.71. The molecule has 2 aromatic rings. The Morgan fingerprint density at radius 2 is 1.71 bits per heavy atom. The topological polar surface area (TPSA) is 30.2 Å². The molecule has 0 aromatic carbocycles. The average molecular weight is 243 g/mol. The minimum atomic E-state index is -4.41. The summed E-state index contributed by atoms with van der Waals surface area (Å²) in [6.45, 7) is 5.68. The summed E-state index contributed by atoms with van der Waals surface area (Å²) in [6, 6.07) is 0. The summed E-state index contributed by atoms with van der Waals surface area (Å²) in [6.07, 6.45) is -0.833. The Morgan fingerprint density at radius 1 is 1.06 bits per heavy atom. The highest BCUT2D eigenvalue weighted by molar-refractivity contribution is 5.39. The summed E-state index contributed by atoms with van der Waals surface area (Å²) in [7, 11) is 0. The molecule has 6 heteroatoms. The molecule has 0 atom stereocenters. The van der Waals surface area contributed by atoms with Crippen molar-refractivity contribution in [2.45, 2.75) is 32.4 Å². The first kappa shape index (κ1) is 11.9. The predicted octanol–water partition coefficient (Wildman–Crippen LogP) is 3.05. The highest BCUT2D eigenvalue weighted by Crippen LogP contribution is 2.30. The second-order valence-electron chi connectivity index (χ2n) is 4.89. The van der Waals surface area contributed by atoms with Gasteiger partial charge in [0.25, 0.3) is 0 Å². The van der Waals surface area contributed by atoms with Gasteiger partial charge in [-0.1, -0.05) is 20.8 Å². The summed E-state index contributed by atoms with van der Waals surface area (Å²) >= 11 is 0. The summed E-state index contributed by atoms with van der Waals surface area (Å²) in [5, 5.41) is 0. The molecule has 2 aromatic heterocycles. The van der Waals surface area contributed by atoms with Crippen LogP contribution in [0.4, 0.5) is 13.2 Å². The Bertz CT molecular complexity index is 549. The van der Waals surface area contributed by atoms with Crippen LogP contribution in [0.15, 0.2) is 18.6 Å². The smallest absolute Gasteiger partial charge is 0.293 e. The van der Waals surface area contributed by atoms with E-state index in [-0.39, 0.29) is 11.1 Å². The van der Waals surface area contributed by atoms with E-state index in [1.54, 1.807) is 0 Å². The zero-order chi connectivity index (χ0) is 12.8. The van der Waals surface area contributed by atoms with Crippen molar-refractivity contribution in [2.24, 2.45) is 0 Å². The van der Waals surface area contributed by atoms with Gasteiger partial charge < -0.3 is 0 Å². The monoisotopic (exact) mass is 243 g/mol. The van der Waals surface area contributed by atoms with Crippen molar-refractivity contribution in [1.82, 2.24) is 14.4 Å². The standard InChI is InChI=1S/C11H12F3N3/c1-10(2,3)7-6-17-8(11(12,13)14)4-16-9(17)5-15-7/h4-6H,1-3H3. The van der Waals surface area contributed by atoms with Crippen LogP contribution in [0.1, 0.15) is 32.2 Å². The van der Waals surface area contributed by atoms with Crippen LogP contribution in [0.3, 0.4) is 0 Å². The SMILES string of the molecule is CC(C)(C)c1cn2c(C(F)(F)F)cnc2cn1. The van der Waals surface area contributed by atoms with Crippen molar-refractivity contribution in [3.8, 4) is 0 Å². The maximum atomic E-state index is 12.7. The summed E-state index contributed by atoms with van der Waals surface area (Å²) in [5.74, 6) is 0. The van der Waals surface area contributed by atoms with Gasteiger partial charge in [0.05, 0.1) is 18.1 Å². The number of imidazole rings is 1. The molecular formula is C11H12F3N3. The van der Waals surface area contributed by atoms with Gasteiger partial charge in [-0.2, -0.15) is 13.2 Å². The van der Waals surface area contributed by atoms with Gasteiger partial charge in [-0.15, -0.1) is 0 Å². The van der Waals surface area contributed by atoms with E-state index in [0.29, 0.717) is 5.69 Å². The van der Waals surface area contributed by atoms with Crippen LogP contribution in [0.5, 0.6) is 0 Å². The van der Waals surface area contributed by atoms with Crippen LogP contribution in [-0.2, 0) is 11.6 Å². The largest absolute Gasteiger partial charge is 0.433 e. The minimum Gasteiger partial charge on any atom is -0.293 e. The fourth-order valence-electron chi connectivity index (χ4n) is 1.49. The Hall–Kier alpha value is -1.59. The van der Waals surface area contributed by atoms with Gasteiger partial charge in [0, 0.05) is 11.6 Å². The van der Waals surface area contributed by atoms with Crippen molar-refractivity contribution in [3.05, 3.63) is 30.0 Å². The quantitative estimate of drug-likeness (QED) is 0.711. The molecule has 0 aliphatic carbocycles. The lowest BCUT2D eigenvalue weighted by Crippen LogP contribution is -2.16. The van der Waals surface area contributed by atoms with E-state index in [1.165, 1.54) is 12.4 Å². The summed E-state index contributed by atoms with van der Waals surface area (Å²) in [4.78, 5) is 7.81. The van der Waals surface area contributed by atoms with Crippen LogP contribution >= 0.6 is 0 Å². The first-order valence-corrected chi connectivity index (χ1v) is 5.10. The third-order valence-corrected chi connectivity index (χ3v) is 2.45. The molecular weight excluding hydrogens is 231 g/mol. The molecule has 0 unspecified atom stereocenters. The molecule has 0 bridgehead atoms. The van der Waals surface area contributed by atoms with Gasteiger partial charge in [0.15, 0.2) is 5.65 Å². The van der Waals surface area contributed by atoms with Crippen molar-refractivity contribution >= 4 is 5.65 Å². The lowest BCUT2D eigenvalue weighted by atomic mass is 9.93. The van der Waals surface area contributed by atoms with Crippen molar-refractivity contribution in [2.75, 3.05) is 0 Å². The average Bonchev–Trinajstić information content (AvgIpc) is 2.57. The maximum absolute atomic E-state index is 12.7. The normalized spacial score (nSPS) is 13.3. The zero-order valence-electron chi connectivity index (χ0n) is 9.71. The van der Waals surface area contributed by atoms with Gasteiger partial charge in [-0.3, -0.25) is 9.38 Å². The first-order chi connectivity index (χ1) is 7.69. The number of aromatic nitrogens is 3. The number of rotatable bonds is 0.